The lowest BCUT2D eigenvalue weighted by Gasteiger charge is -2.37. The van der Waals surface area contributed by atoms with Crippen molar-refractivity contribution >= 4 is 29.2 Å². The summed E-state index contributed by atoms with van der Waals surface area (Å²) >= 11 is 0. The Morgan fingerprint density at radius 1 is 1.14 bits per heavy atom. The molecule has 0 spiro atoms. The minimum Gasteiger partial charge on any atom is -0.383 e. The maximum Gasteiger partial charge on any atom is 0.257 e. The molecule has 1 aliphatic heterocycles. The van der Waals surface area contributed by atoms with Gasteiger partial charge in [-0.3, -0.25) is 24.2 Å². The van der Waals surface area contributed by atoms with Gasteiger partial charge in [-0.1, -0.05) is 30.3 Å². The first-order valence-corrected chi connectivity index (χ1v) is 14.2. The number of nitrogens with one attached hydrogen (secondary N) is 1. The number of halogens is 3. The molecule has 3 amide bonds. The molecule has 2 N–H and O–H groups in total. The van der Waals surface area contributed by atoms with E-state index < -0.39 is 66.5 Å². The Balaban J connectivity index is 1.61. The number of carbonyl (C=O) groups is 3. The highest BCUT2D eigenvalue weighted by atomic mass is 19.3. The van der Waals surface area contributed by atoms with Crippen molar-refractivity contribution in [2.24, 2.45) is 0 Å². The highest BCUT2D eigenvalue weighted by Crippen LogP contribution is 2.37. The molecule has 2 heterocycles. The van der Waals surface area contributed by atoms with Crippen molar-refractivity contribution in [3.63, 3.8) is 0 Å². The summed E-state index contributed by atoms with van der Waals surface area (Å²) in [5.74, 6) is -5.89. The van der Waals surface area contributed by atoms with Crippen molar-refractivity contribution < 1.29 is 32.7 Å². The quantitative estimate of drug-likeness (QED) is 0.413. The second-order valence-corrected chi connectivity index (χ2v) is 11.1. The van der Waals surface area contributed by atoms with Crippen LogP contribution < -0.4 is 15.1 Å². The van der Waals surface area contributed by atoms with Crippen LogP contribution in [0.3, 0.4) is 0 Å². The summed E-state index contributed by atoms with van der Waals surface area (Å²) < 4.78 is 42.4. The second-order valence-electron chi connectivity index (χ2n) is 11.1. The summed E-state index contributed by atoms with van der Waals surface area (Å²) in [4.78, 5) is 48.1. The Hall–Kier alpha value is -4.76. The van der Waals surface area contributed by atoms with Crippen LogP contribution in [0.1, 0.15) is 54.8 Å². The van der Waals surface area contributed by atoms with Gasteiger partial charge in [0, 0.05) is 37.2 Å². The number of hydrogen-bond donors (Lipinski definition) is 2. The van der Waals surface area contributed by atoms with Gasteiger partial charge in [0.1, 0.15) is 29.8 Å². The predicted octanol–water partition coefficient (Wildman–Crippen LogP) is 4.34. The molecule has 1 saturated carbocycles. The van der Waals surface area contributed by atoms with Crippen LogP contribution in [0.2, 0.25) is 0 Å². The van der Waals surface area contributed by atoms with Gasteiger partial charge in [-0.15, -0.1) is 0 Å². The number of anilines is 2. The van der Waals surface area contributed by atoms with Crippen molar-refractivity contribution in [3.8, 4) is 6.07 Å². The van der Waals surface area contributed by atoms with Crippen molar-refractivity contribution in [3.05, 3.63) is 89.4 Å². The summed E-state index contributed by atoms with van der Waals surface area (Å²) in [5.41, 5.74) is 1.18. The number of rotatable bonds is 7. The predicted molar refractivity (Wildman–Crippen MR) is 154 cm³/mol. The lowest BCUT2D eigenvalue weighted by Crippen LogP contribution is -2.53. The van der Waals surface area contributed by atoms with Gasteiger partial charge >= 0.3 is 0 Å². The van der Waals surface area contributed by atoms with E-state index in [1.807, 2.05) is 6.07 Å². The van der Waals surface area contributed by atoms with E-state index in [2.05, 4.69) is 10.3 Å². The zero-order valence-corrected chi connectivity index (χ0v) is 23.8. The number of benzene rings is 2. The Morgan fingerprint density at radius 2 is 1.86 bits per heavy atom. The van der Waals surface area contributed by atoms with Gasteiger partial charge in [0.05, 0.1) is 11.6 Å². The van der Waals surface area contributed by atoms with E-state index in [-0.39, 0.29) is 36.3 Å². The average Bonchev–Trinajstić information content (AvgIpc) is 3.30. The van der Waals surface area contributed by atoms with E-state index in [4.69, 9.17) is 0 Å². The maximum atomic E-state index is 14.7. The van der Waals surface area contributed by atoms with Crippen molar-refractivity contribution in [1.82, 2.24) is 10.3 Å². The van der Waals surface area contributed by atoms with E-state index in [1.54, 1.807) is 31.2 Å². The van der Waals surface area contributed by atoms with Gasteiger partial charge in [0.15, 0.2) is 0 Å². The van der Waals surface area contributed by atoms with Gasteiger partial charge in [0.25, 0.3) is 11.8 Å². The minimum absolute atomic E-state index is 0.00102. The zero-order valence-electron chi connectivity index (χ0n) is 23.8. The Labute approximate surface area is 251 Å². The first-order valence-electron chi connectivity index (χ1n) is 14.2. The molecule has 3 atom stereocenters. The highest BCUT2D eigenvalue weighted by Gasteiger charge is 2.48. The summed E-state index contributed by atoms with van der Waals surface area (Å²) in [6, 6.07) is 13.1. The molecular weight excluding hydrogens is 575 g/mol. The third-order valence-corrected chi connectivity index (χ3v) is 8.06. The number of nitrogens with zero attached hydrogens (tertiary/aromatic N) is 4. The molecule has 2 fully saturated rings. The first-order chi connectivity index (χ1) is 21.0. The standard InChI is InChI=1S/C32H30F3N5O4/c1-19-5-2-3-8-24(19)28(29(42)38-22-9-12-32(34,35)13-10-22)39(23-7-4-6-21(33)16-23)30(43)25-17-26(41)31(44)40(25)27-15-20(18-36)11-14-37-27/h2-8,11,14-16,22,25-26,28,41H,9-10,12-13,17H2,1H3,(H,38,42)/t25-,26+,28-/m0/s1. The molecule has 5 rings (SSSR count). The number of alkyl halides is 2. The molecule has 44 heavy (non-hydrogen) atoms. The van der Waals surface area contributed by atoms with Crippen LogP contribution in [0.25, 0.3) is 0 Å². The first kappa shape index (κ1) is 30.7. The molecule has 2 aromatic carbocycles. The van der Waals surface area contributed by atoms with Crippen LogP contribution in [0.5, 0.6) is 0 Å². The SMILES string of the molecule is Cc1ccccc1[C@@H](C(=O)NC1CCC(F)(F)CC1)N(C(=O)[C@@H]1C[C@@H](O)C(=O)N1c1cc(C#N)ccn1)c1cccc(F)c1. The van der Waals surface area contributed by atoms with Gasteiger partial charge in [-0.05, 0) is 61.2 Å². The maximum absolute atomic E-state index is 14.7. The Morgan fingerprint density at radius 3 is 2.55 bits per heavy atom. The lowest BCUT2D eigenvalue weighted by atomic mass is 9.91. The van der Waals surface area contributed by atoms with Gasteiger partial charge in [0.2, 0.25) is 11.8 Å². The number of aryl methyl sites for hydroxylation is 1. The van der Waals surface area contributed by atoms with Crippen molar-refractivity contribution in [1.29, 1.82) is 5.26 Å². The normalized spacial score (nSPS) is 20.5. The number of amides is 3. The number of aliphatic hydroxyl groups excluding tert-OH is 1. The summed E-state index contributed by atoms with van der Waals surface area (Å²) in [5, 5.41) is 22.8. The van der Waals surface area contributed by atoms with Crippen molar-refractivity contribution in [2.75, 3.05) is 9.80 Å². The fourth-order valence-electron chi connectivity index (χ4n) is 5.78. The van der Waals surface area contributed by atoms with E-state index in [9.17, 15) is 37.9 Å². The van der Waals surface area contributed by atoms with Gasteiger partial charge in [-0.25, -0.2) is 18.2 Å². The zero-order chi connectivity index (χ0) is 31.6. The Bertz CT molecular complexity index is 1620. The summed E-state index contributed by atoms with van der Waals surface area (Å²) in [7, 11) is 0. The van der Waals surface area contributed by atoms with Crippen LogP contribution in [0, 0.1) is 24.1 Å². The van der Waals surface area contributed by atoms with E-state index in [0.717, 1.165) is 15.9 Å². The molecule has 0 unspecified atom stereocenters. The van der Waals surface area contributed by atoms with Crippen LogP contribution in [-0.2, 0) is 14.4 Å². The van der Waals surface area contributed by atoms with E-state index in [0.29, 0.717) is 11.1 Å². The third-order valence-electron chi connectivity index (χ3n) is 8.06. The molecule has 2 aliphatic rings. The smallest absolute Gasteiger partial charge is 0.257 e. The third kappa shape index (κ3) is 6.28. The average molecular weight is 606 g/mol. The van der Waals surface area contributed by atoms with Gasteiger partial charge < -0.3 is 10.4 Å². The molecule has 1 aliphatic carbocycles. The monoisotopic (exact) mass is 605 g/mol. The highest BCUT2D eigenvalue weighted by molar-refractivity contribution is 6.12. The largest absolute Gasteiger partial charge is 0.383 e. The molecule has 0 radical (unpaired) electrons. The molecule has 12 heteroatoms. The molecule has 1 saturated heterocycles. The fourth-order valence-corrected chi connectivity index (χ4v) is 5.78. The summed E-state index contributed by atoms with van der Waals surface area (Å²) in [6.45, 7) is 1.73. The number of hydrogen-bond acceptors (Lipinski definition) is 6. The van der Waals surface area contributed by atoms with Crippen LogP contribution >= 0.6 is 0 Å². The molecule has 0 bridgehead atoms. The number of pyridine rings is 1. The van der Waals surface area contributed by atoms with E-state index >= 15 is 0 Å². The number of aromatic nitrogens is 1. The molecule has 1 aromatic heterocycles. The fraction of sp³-hybridized carbons (Fsp3) is 0.344. The number of nitriles is 1. The second kappa shape index (κ2) is 12.5. The van der Waals surface area contributed by atoms with E-state index in [1.165, 1.54) is 36.5 Å². The number of aliphatic hydroxyl groups is 1. The summed E-state index contributed by atoms with van der Waals surface area (Å²) in [6.07, 6.45) is -1.38. The minimum atomic E-state index is -2.82. The molecule has 228 valence electrons. The molecule has 3 aromatic rings. The van der Waals surface area contributed by atoms with Gasteiger partial charge in [-0.2, -0.15) is 5.26 Å². The van der Waals surface area contributed by atoms with Crippen molar-refractivity contribution in [2.45, 2.75) is 69.2 Å². The number of carbonyl (C=O) groups excluding carboxylic acids is 3. The topological polar surface area (TPSA) is 127 Å². The van der Waals surface area contributed by atoms with Crippen LogP contribution in [-0.4, -0.2) is 51.9 Å². The Kier molecular flexibility index (Phi) is 8.69. The molecular formula is C32H30F3N5O4. The molecule has 9 nitrogen and oxygen atoms in total. The lowest BCUT2D eigenvalue weighted by molar-refractivity contribution is -0.128. The van der Waals surface area contributed by atoms with Crippen LogP contribution in [0.15, 0.2) is 66.9 Å². The van der Waals surface area contributed by atoms with Crippen LogP contribution in [0.4, 0.5) is 24.7 Å².